The Balaban J connectivity index is 1.63. The number of aromatic nitrogens is 2. The number of para-hydroxylation sites is 1. The number of carbonyl (C=O) groups excluding carboxylic acids is 1. The number of nitrogens with zero attached hydrogens (tertiary/aromatic N) is 3. The Hall–Kier alpha value is -2.18. The highest BCUT2D eigenvalue weighted by molar-refractivity contribution is 5.78. The summed E-state index contributed by atoms with van der Waals surface area (Å²) in [5.74, 6) is 0.116. The van der Waals surface area contributed by atoms with E-state index in [2.05, 4.69) is 23.4 Å². The molecule has 25 heavy (non-hydrogen) atoms. The van der Waals surface area contributed by atoms with E-state index in [-0.39, 0.29) is 24.2 Å². The molecule has 0 radical (unpaired) electrons. The van der Waals surface area contributed by atoms with Gasteiger partial charge in [0, 0.05) is 31.5 Å². The third-order valence-corrected chi connectivity index (χ3v) is 4.49. The molecule has 1 saturated heterocycles. The van der Waals surface area contributed by atoms with Crippen molar-refractivity contribution in [3.63, 3.8) is 0 Å². The van der Waals surface area contributed by atoms with Crippen molar-refractivity contribution >= 4 is 5.91 Å². The van der Waals surface area contributed by atoms with Gasteiger partial charge in [-0.25, -0.2) is 4.68 Å². The first kappa shape index (κ1) is 17.6. The van der Waals surface area contributed by atoms with Crippen LogP contribution >= 0.6 is 0 Å². The zero-order valence-electron chi connectivity index (χ0n) is 15.1. The Morgan fingerprint density at radius 1 is 1.28 bits per heavy atom. The fraction of sp³-hybridized carbons (Fsp3) is 0.474. The quantitative estimate of drug-likeness (QED) is 0.905. The van der Waals surface area contributed by atoms with Gasteiger partial charge in [-0.3, -0.25) is 4.79 Å². The summed E-state index contributed by atoms with van der Waals surface area (Å²) in [6.45, 7) is 7.71. The standard InChI is InChI=1S/C19H26N4O2/c1-14-12-22(13-15(2)25-14)19(24)11-20-16(3)17-7-4-5-8-18(17)23-10-6-9-21-23/h4-10,14-16,20H,11-13H2,1-3H3/t14-,15-,16+/m1/s1. The summed E-state index contributed by atoms with van der Waals surface area (Å²) in [6, 6.07) is 10.0. The Labute approximate surface area is 148 Å². The number of rotatable bonds is 5. The second-order valence-corrected chi connectivity index (χ2v) is 6.67. The van der Waals surface area contributed by atoms with E-state index in [4.69, 9.17) is 4.74 Å². The van der Waals surface area contributed by atoms with Gasteiger partial charge in [0.2, 0.25) is 5.91 Å². The Kier molecular flexibility index (Phi) is 5.50. The topological polar surface area (TPSA) is 59.4 Å². The molecule has 6 heteroatoms. The fourth-order valence-corrected chi connectivity index (χ4v) is 3.32. The lowest BCUT2D eigenvalue weighted by molar-refractivity contribution is -0.142. The van der Waals surface area contributed by atoms with E-state index in [9.17, 15) is 4.79 Å². The van der Waals surface area contributed by atoms with E-state index < -0.39 is 0 Å². The highest BCUT2D eigenvalue weighted by atomic mass is 16.5. The minimum absolute atomic E-state index is 0.0419. The molecule has 1 amide bonds. The lowest BCUT2D eigenvalue weighted by Gasteiger charge is -2.35. The summed E-state index contributed by atoms with van der Waals surface area (Å²) >= 11 is 0. The van der Waals surface area contributed by atoms with Crippen LogP contribution in [-0.4, -0.2) is 52.4 Å². The lowest BCUT2D eigenvalue weighted by Crippen LogP contribution is -2.50. The molecule has 1 N–H and O–H groups in total. The number of ether oxygens (including phenoxy) is 1. The van der Waals surface area contributed by atoms with Gasteiger partial charge < -0.3 is 15.0 Å². The van der Waals surface area contributed by atoms with Gasteiger partial charge in [0.15, 0.2) is 0 Å². The van der Waals surface area contributed by atoms with Crippen molar-refractivity contribution in [2.75, 3.05) is 19.6 Å². The molecule has 0 aliphatic carbocycles. The van der Waals surface area contributed by atoms with Crippen LogP contribution in [0.3, 0.4) is 0 Å². The van der Waals surface area contributed by atoms with Gasteiger partial charge in [-0.15, -0.1) is 0 Å². The van der Waals surface area contributed by atoms with Crippen LogP contribution in [0, 0.1) is 0 Å². The third kappa shape index (κ3) is 4.27. The molecule has 134 valence electrons. The van der Waals surface area contributed by atoms with Crippen LogP contribution in [0.1, 0.15) is 32.4 Å². The number of nitrogens with one attached hydrogen (secondary N) is 1. The van der Waals surface area contributed by atoms with Crippen LogP contribution < -0.4 is 5.32 Å². The van der Waals surface area contributed by atoms with Gasteiger partial charge in [-0.2, -0.15) is 5.10 Å². The predicted octanol–water partition coefficient (Wildman–Crippen LogP) is 2.16. The summed E-state index contributed by atoms with van der Waals surface area (Å²) in [6.07, 6.45) is 3.86. The van der Waals surface area contributed by atoms with Crippen molar-refractivity contribution in [1.82, 2.24) is 20.0 Å². The minimum atomic E-state index is 0.0419. The van der Waals surface area contributed by atoms with E-state index in [1.54, 1.807) is 6.20 Å². The van der Waals surface area contributed by atoms with Gasteiger partial charge in [-0.1, -0.05) is 18.2 Å². The molecule has 1 aromatic carbocycles. The van der Waals surface area contributed by atoms with Crippen molar-refractivity contribution in [2.24, 2.45) is 0 Å². The molecule has 0 spiro atoms. The molecule has 3 atom stereocenters. The van der Waals surface area contributed by atoms with Gasteiger partial charge in [0.1, 0.15) is 0 Å². The summed E-state index contributed by atoms with van der Waals surface area (Å²) in [4.78, 5) is 14.4. The zero-order chi connectivity index (χ0) is 17.8. The molecule has 1 fully saturated rings. The van der Waals surface area contributed by atoms with E-state index in [0.29, 0.717) is 19.6 Å². The average Bonchev–Trinajstić information content (AvgIpc) is 3.13. The normalized spacial score (nSPS) is 22.0. The maximum Gasteiger partial charge on any atom is 0.236 e. The van der Waals surface area contributed by atoms with Gasteiger partial charge >= 0.3 is 0 Å². The first-order valence-electron chi connectivity index (χ1n) is 8.80. The number of amides is 1. The molecule has 6 nitrogen and oxygen atoms in total. The largest absolute Gasteiger partial charge is 0.372 e. The van der Waals surface area contributed by atoms with Gasteiger partial charge in [-0.05, 0) is 38.5 Å². The molecular formula is C19H26N4O2. The van der Waals surface area contributed by atoms with Crippen LogP contribution in [0.25, 0.3) is 5.69 Å². The first-order chi connectivity index (χ1) is 12.0. The van der Waals surface area contributed by atoms with Crippen LogP contribution in [0.4, 0.5) is 0 Å². The van der Waals surface area contributed by atoms with Crippen LogP contribution in [0.15, 0.2) is 42.7 Å². The monoisotopic (exact) mass is 342 g/mol. The predicted molar refractivity (Wildman–Crippen MR) is 96.6 cm³/mol. The molecular weight excluding hydrogens is 316 g/mol. The minimum Gasteiger partial charge on any atom is -0.372 e. The Morgan fingerprint density at radius 2 is 2.00 bits per heavy atom. The number of carbonyl (C=O) groups is 1. The molecule has 2 heterocycles. The summed E-state index contributed by atoms with van der Waals surface area (Å²) < 4.78 is 7.54. The van der Waals surface area contributed by atoms with E-state index in [0.717, 1.165) is 11.3 Å². The molecule has 1 aliphatic rings. The second-order valence-electron chi connectivity index (χ2n) is 6.67. The lowest BCUT2D eigenvalue weighted by atomic mass is 10.1. The van der Waals surface area contributed by atoms with Crippen molar-refractivity contribution in [1.29, 1.82) is 0 Å². The molecule has 3 rings (SSSR count). The summed E-state index contributed by atoms with van der Waals surface area (Å²) in [5, 5.41) is 7.67. The molecule has 0 bridgehead atoms. The number of morpholine rings is 1. The molecule has 0 saturated carbocycles. The van der Waals surface area contributed by atoms with Crippen molar-refractivity contribution in [2.45, 2.75) is 39.0 Å². The number of hydrogen-bond donors (Lipinski definition) is 1. The van der Waals surface area contributed by atoms with Crippen LogP contribution in [-0.2, 0) is 9.53 Å². The Morgan fingerprint density at radius 3 is 2.68 bits per heavy atom. The summed E-state index contributed by atoms with van der Waals surface area (Å²) in [7, 11) is 0. The van der Waals surface area contributed by atoms with Crippen molar-refractivity contribution < 1.29 is 9.53 Å². The van der Waals surface area contributed by atoms with E-state index in [1.807, 2.05) is 53.9 Å². The number of benzene rings is 1. The SMILES string of the molecule is C[C@@H]1CN(C(=O)CN[C@@H](C)c2ccccc2-n2cccn2)C[C@@H](C)O1. The maximum atomic E-state index is 12.5. The number of hydrogen-bond acceptors (Lipinski definition) is 4. The van der Waals surface area contributed by atoms with E-state index in [1.165, 1.54) is 0 Å². The highest BCUT2D eigenvalue weighted by Gasteiger charge is 2.26. The highest BCUT2D eigenvalue weighted by Crippen LogP contribution is 2.21. The van der Waals surface area contributed by atoms with Gasteiger partial charge in [0.25, 0.3) is 0 Å². The average molecular weight is 342 g/mol. The third-order valence-electron chi connectivity index (χ3n) is 4.49. The first-order valence-corrected chi connectivity index (χ1v) is 8.80. The van der Waals surface area contributed by atoms with Crippen LogP contribution in [0.5, 0.6) is 0 Å². The smallest absolute Gasteiger partial charge is 0.236 e. The van der Waals surface area contributed by atoms with E-state index >= 15 is 0 Å². The van der Waals surface area contributed by atoms with Crippen molar-refractivity contribution in [3.8, 4) is 5.69 Å². The zero-order valence-corrected chi connectivity index (χ0v) is 15.1. The van der Waals surface area contributed by atoms with Crippen molar-refractivity contribution in [3.05, 3.63) is 48.3 Å². The molecule has 1 aromatic heterocycles. The molecule has 0 unspecified atom stereocenters. The van der Waals surface area contributed by atoms with Crippen LogP contribution in [0.2, 0.25) is 0 Å². The molecule has 2 aromatic rings. The van der Waals surface area contributed by atoms with Gasteiger partial charge in [0.05, 0.1) is 24.4 Å². The fourth-order valence-electron chi connectivity index (χ4n) is 3.32. The second kappa shape index (κ2) is 7.80. The molecule has 1 aliphatic heterocycles. The summed E-state index contributed by atoms with van der Waals surface area (Å²) in [5.41, 5.74) is 2.14. The Bertz CT molecular complexity index is 691. The maximum absolute atomic E-state index is 12.5.